The summed E-state index contributed by atoms with van der Waals surface area (Å²) in [4.78, 5) is 15.9. The number of nitriles is 1. The van der Waals surface area contributed by atoms with Gasteiger partial charge < -0.3 is 9.84 Å². The van der Waals surface area contributed by atoms with E-state index in [9.17, 15) is 4.79 Å². The first-order chi connectivity index (χ1) is 8.11. The Morgan fingerprint density at radius 1 is 1.71 bits per heavy atom. The van der Waals surface area contributed by atoms with Gasteiger partial charge in [0.15, 0.2) is 0 Å². The van der Waals surface area contributed by atoms with Gasteiger partial charge in [0.05, 0.1) is 18.8 Å². The molecule has 0 aliphatic carbocycles. The summed E-state index contributed by atoms with van der Waals surface area (Å²) in [6, 6.07) is 4.97. The fourth-order valence-electron chi connectivity index (χ4n) is 1.65. The summed E-state index contributed by atoms with van der Waals surface area (Å²) in [5, 5.41) is 17.4. The second-order valence-corrected chi connectivity index (χ2v) is 3.82. The third kappa shape index (κ3) is 2.13. The van der Waals surface area contributed by atoms with E-state index in [1.54, 1.807) is 19.1 Å². The standard InChI is InChI=1S/C11H11N3O3/c1-7-10(6-14(7)11(15)16)17-9-3-2-8(4-12)13-5-9/h2-3,5,7,10H,6H2,1H3,(H,15,16)/t7-,10+/m1/s1. The molecule has 1 amide bonds. The number of aromatic nitrogens is 1. The van der Waals surface area contributed by atoms with Crippen molar-refractivity contribution in [2.45, 2.75) is 19.1 Å². The van der Waals surface area contributed by atoms with Crippen LogP contribution in [-0.4, -0.2) is 39.8 Å². The number of hydrogen-bond acceptors (Lipinski definition) is 4. The fourth-order valence-corrected chi connectivity index (χ4v) is 1.65. The topological polar surface area (TPSA) is 86.5 Å². The van der Waals surface area contributed by atoms with Gasteiger partial charge in [0.25, 0.3) is 0 Å². The number of ether oxygens (including phenoxy) is 1. The van der Waals surface area contributed by atoms with Gasteiger partial charge >= 0.3 is 6.09 Å². The zero-order valence-corrected chi connectivity index (χ0v) is 9.20. The molecule has 1 fully saturated rings. The largest absolute Gasteiger partial charge is 0.485 e. The molecule has 0 bridgehead atoms. The highest BCUT2D eigenvalue weighted by Gasteiger charge is 2.40. The van der Waals surface area contributed by atoms with Crippen LogP contribution in [0, 0.1) is 11.3 Å². The second kappa shape index (κ2) is 4.29. The Morgan fingerprint density at radius 2 is 2.47 bits per heavy atom. The minimum Gasteiger partial charge on any atom is -0.485 e. The average Bonchev–Trinajstić information content (AvgIpc) is 2.33. The van der Waals surface area contributed by atoms with Crippen molar-refractivity contribution >= 4 is 6.09 Å². The van der Waals surface area contributed by atoms with Gasteiger partial charge in [0, 0.05) is 0 Å². The van der Waals surface area contributed by atoms with E-state index >= 15 is 0 Å². The maximum atomic E-state index is 10.7. The van der Waals surface area contributed by atoms with Crippen molar-refractivity contribution in [1.82, 2.24) is 9.88 Å². The van der Waals surface area contributed by atoms with E-state index < -0.39 is 6.09 Å². The number of carbonyl (C=O) groups is 1. The zero-order chi connectivity index (χ0) is 12.4. The smallest absolute Gasteiger partial charge is 0.407 e. The molecule has 17 heavy (non-hydrogen) atoms. The molecule has 0 aromatic carbocycles. The molecule has 0 spiro atoms. The molecule has 1 aliphatic rings. The predicted octanol–water partition coefficient (Wildman–Crippen LogP) is 1.08. The van der Waals surface area contributed by atoms with Crippen molar-refractivity contribution in [3.05, 3.63) is 24.0 Å². The van der Waals surface area contributed by atoms with Gasteiger partial charge in [0.1, 0.15) is 23.6 Å². The van der Waals surface area contributed by atoms with E-state index in [2.05, 4.69) is 4.98 Å². The first-order valence-electron chi connectivity index (χ1n) is 5.14. The number of likely N-dealkylation sites (tertiary alicyclic amines) is 1. The minimum absolute atomic E-state index is 0.152. The number of pyridine rings is 1. The van der Waals surface area contributed by atoms with Crippen LogP contribution in [0.1, 0.15) is 12.6 Å². The Balaban J connectivity index is 1.95. The van der Waals surface area contributed by atoms with Gasteiger partial charge in [-0.3, -0.25) is 4.90 Å². The monoisotopic (exact) mass is 233 g/mol. The number of rotatable bonds is 2. The van der Waals surface area contributed by atoms with E-state index in [4.69, 9.17) is 15.1 Å². The summed E-state index contributed by atoms with van der Waals surface area (Å²) in [6.07, 6.45) is 0.380. The van der Waals surface area contributed by atoms with Crippen LogP contribution in [-0.2, 0) is 0 Å². The SMILES string of the molecule is C[C@@H]1[C@@H](Oc2ccc(C#N)nc2)CN1C(=O)O. The van der Waals surface area contributed by atoms with Crippen LogP contribution in [0.25, 0.3) is 0 Å². The van der Waals surface area contributed by atoms with E-state index in [-0.39, 0.29) is 12.1 Å². The van der Waals surface area contributed by atoms with Crippen LogP contribution in [0.15, 0.2) is 18.3 Å². The lowest BCUT2D eigenvalue weighted by Gasteiger charge is -2.43. The fraction of sp³-hybridized carbons (Fsp3) is 0.364. The van der Waals surface area contributed by atoms with Gasteiger partial charge in [-0.25, -0.2) is 9.78 Å². The highest BCUT2D eigenvalue weighted by molar-refractivity contribution is 5.66. The molecule has 6 heteroatoms. The van der Waals surface area contributed by atoms with E-state index in [0.717, 1.165) is 0 Å². The maximum absolute atomic E-state index is 10.7. The summed E-state index contributed by atoms with van der Waals surface area (Å²) in [5.41, 5.74) is 0.325. The van der Waals surface area contributed by atoms with Crippen molar-refractivity contribution in [3.8, 4) is 11.8 Å². The molecule has 1 aliphatic heterocycles. The van der Waals surface area contributed by atoms with Crippen LogP contribution < -0.4 is 4.74 Å². The summed E-state index contributed by atoms with van der Waals surface area (Å²) < 4.78 is 5.57. The quantitative estimate of drug-likeness (QED) is 0.826. The molecule has 2 heterocycles. The normalized spacial score (nSPS) is 22.5. The highest BCUT2D eigenvalue weighted by atomic mass is 16.5. The Kier molecular flexibility index (Phi) is 2.83. The third-order valence-corrected chi connectivity index (χ3v) is 2.79. The number of hydrogen-bond donors (Lipinski definition) is 1. The molecule has 2 rings (SSSR count). The second-order valence-electron chi connectivity index (χ2n) is 3.82. The first-order valence-corrected chi connectivity index (χ1v) is 5.14. The molecule has 88 valence electrons. The molecular weight excluding hydrogens is 222 g/mol. The third-order valence-electron chi connectivity index (χ3n) is 2.79. The van der Waals surface area contributed by atoms with Crippen molar-refractivity contribution in [3.63, 3.8) is 0 Å². The Labute approximate surface area is 98.1 Å². The zero-order valence-electron chi connectivity index (χ0n) is 9.20. The Bertz CT molecular complexity index is 466. The molecular formula is C11H11N3O3. The molecule has 1 saturated heterocycles. The number of nitrogens with zero attached hydrogens (tertiary/aromatic N) is 3. The summed E-state index contributed by atoms with van der Waals surface area (Å²) in [6.45, 7) is 2.15. The Morgan fingerprint density at radius 3 is 2.94 bits per heavy atom. The van der Waals surface area contributed by atoms with Crippen LogP contribution >= 0.6 is 0 Å². The predicted molar refractivity (Wildman–Crippen MR) is 57.6 cm³/mol. The van der Waals surface area contributed by atoms with Gasteiger partial charge in [-0.05, 0) is 19.1 Å². The van der Waals surface area contributed by atoms with Gasteiger partial charge in [0.2, 0.25) is 0 Å². The number of carboxylic acid groups (broad SMARTS) is 1. The Hall–Kier alpha value is -2.29. The van der Waals surface area contributed by atoms with Crippen molar-refractivity contribution < 1.29 is 14.6 Å². The molecule has 0 saturated carbocycles. The molecule has 6 nitrogen and oxygen atoms in total. The van der Waals surface area contributed by atoms with Crippen LogP contribution in [0.5, 0.6) is 5.75 Å². The van der Waals surface area contributed by atoms with Crippen LogP contribution in [0.3, 0.4) is 0 Å². The van der Waals surface area contributed by atoms with E-state index in [0.29, 0.717) is 18.0 Å². The molecule has 1 N–H and O–H groups in total. The minimum atomic E-state index is -0.935. The molecule has 1 aromatic heterocycles. The van der Waals surface area contributed by atoms with Crippen LogP contribution in [0.4, 0.5) is 4.79 Å². The van der Waals surface area contributed by atoms with E-state index in [1.165, 1.54) is 11.1 Å². The molecule has 2 atom stereocenters. The van der Waals surface area contributed by atoms with Crippen molar-refractivity contribution in [2.75, 3.05) is 6.54 Å². The van der Waals surface area contributed by atoms with Gasteiger partial charge in [-0.2, -0.15) is 5.26 Å². The lowest BCUT2D eigenvalue weighted by Crippen LogP contribution is -2.62. The highest BCUT2D eigenvalue weighted by Crippen LogP contribution is 2.23. The summed E-state index contributed by atoms with van der Waals surface area (Å²) in [7, 11) is 0. The number of amides is 1. The summed E-state index contributed by atoms with van der Waals surface area (Å²) in [5.74, 6) is 0.547. The lowest BCUT2D eigenvalue weighted by atomic mass is 10.0. The molecule has 0 unspecified atom stereocenters. The van der Waals surface area contributed by atoms with Crippen LogP contribution in [0.2, 0.25) is 0 Å². The first kappa shape index (κ1) is 11.2. The van der Waals surface area contributed by atoms with E-state index in [1.807, 2.05) is 6.07 Å². The van der Waals surface area contributed by atoms with Gasteiger partial charge in [-0.15, -0.1) is 0 Å². The van der Waals surface area contributed by atoms with Crippen molar-refractivity contribution in [1.29, 1.82) is 5.26 Å². The molecule has 1 aromatic rings. The molecule has 0 radical (unpaired) electrons. The average molecular weight is 233 g/mol. The van der Waals surface area contributed by atoms with Crippen molar-refractivity contribution in [2.24, 2.45) is 0 Å². The maximum Gasteiger partial charge on any atom is 0.407 e. The summed E-state index contributed by atoms with van der Waals surface area (Å²) >= 11 is 0. The lowest BCUT2D eigenvalue weighted by molar-refractivity contribution is -0.0226. The van der Waals surface area contributed by atoms with Gasteiger partial charge in [-0.1, -0.05) is 0 Å².